The number of hydrogen-bond donors (Lipinski definition) is 2. The number of carbonyl (C=O) groups is 2. The average Bonchev–Trinajstić information content (AvgIpc) is 3.08. The first kappa shape index (κ1) is 16.4. The van der Waals surface area contributed by atoms with Crippen LogP contribution >= 0.6 is 0 Å². The lowest BCUT2D eigenvalue weighted by atomic mass is 10.1. The van der Waals surface area contributed by atoms with E-state index in [1.165, 1.54) is 0 Å². The maximum Gasteiger partial charge on any atom is 0.375 e. The highest BCUT2D eigenvalue weighted by Crippen LogP contribution is 2.20. The standard InChI is InChI=1S/C17H16N4O4/c1-2-24-16(23)15-19-17(21-20-15)18-14(22)10-25-13-8-7-11-5-3-4-6-12(11)9-13/h3-9H,2,10H2,1H3,(H2,18,19,20,21,22). The third kappa shape index (κ3) is 4.11. The summed E-state index contributed by atoms with van der Waals surface area (Å²) in [4.78, 5) is 27.2. The van der Waals surface area contributed by atoms with Gasteiger partial charge in [-0.3, -0.25) is 15.2 Å². The quantitative estimate of drug-likeness (QED) is 0.666. The lowest BCUT2D eigenvalue weighted by Crippen LogP contribution is -2.21. The SMILES string of the molecule is CCOC(=O)c1nc(NC(=O)COc2ccc3ccccc3c2)n[nH]1. The molecular weight excluding hydrogens is 324 g/mol. The molecule has 0 saturated carbocycles. The van der Waals surface area contributed by atoms with Gasteiger partial charge in [-0.05, 0) is 29.8 Å². The van der Waals surface area contributed by atoms with E-state index in [0.717, 1.165) is 10.8 Å². The van der Waals surface area contributed by atoms with Gasteiger partial charge in [-0.1, -0.05) is 30.3 Å². The molecule has 0 unspecified atom stereocenters. The second-order valence-corrected chi connectivity index (χ2v) is 5.07. The van der Waals surface area contributed by atoms with Crippen LogP contribution in [-0.4, -0.2) is 40.3 Å². The zero-order chi connectivity index (χ0) is 17.6. The molecule has 0 radical (unpaired) electrons. The molecule has 1 heterocycles. The summed E-state index contributed by atoms with van der Waals surface area (Å²) in [6.07, 6.45) is 0. The van der Waals surface area contributed by atoms with Gasteiger partial charge in [0.15, 0.2) is 6.61 Å². The van der Waals surface area contributed by atoms with Crippen molar-refractivity contribution in [3.8, 4) is 5.75 Å². The van der Waals surface area contributed by atoms with Crippen molar-refractivity contribution < 1.29 is 19.1 Å². The maximum absolute atomic E-state index is 11.9. The van der Waals surface area contributed by atoms with Crippen molar-refractivity contribution in [2.75, 3.05) is 18.5 Å². The van der Waals surface area contributed by atoms with E-state index in [0.29, 0.717) is 5.75 Å². The van der Waals surface area contributed by atoms with Crippen LogP contribution in [0.15, 0.2) is 42.5 Å². The Labute approximate surface area is 143 Å². The Bertz CT molecular complexity index is 906. The molecule has 0 fully saturated rings. The summed E-state index contributed by atoms with van der Waals surface area (Å²) in [5.74, 6) is -0.593. The monoisotopic (exact) mass is 340 g/mol. The number of nitrogens with zero attached hydrogens (tertiary/aromatic N) is 2. The van der Waals surface area contributed by atoms with Gasteiger partial charge >= 0.3 is 5.97 Å². The number of aromatic amines is 1. The van der Waals surface area contributed by atoms with Gasteiger partial charge in [-0.15, -0.1) is 5.10 Å². The number of esters is 1. The zero-order valence-electron chi connectivity index (χ0n) is 13.5. The molecule has 3 rings (SSSR count). The normalized spacial score (nSPS) is 10.4. The van der Waals surface area contributed by atoms with Crippen molar-refractivity contribution in [1.82, 2.24) is 15.2 Å². The van der Waals surface area contributed by atoms with Crippen molar-refractivity contribution in [1.29, 1.82) is 0 Å². The van der Waals surface area contributed by atoms with Crippen LogP contribution in [0.2, 0.25) is 0 Å². The lowest BCUT2D eigenvalue weighted by molar-refractivity contribution is -0.118. The van der Waals surface area contributed by atoms with Crippen LogP contribution < -0.4 is 10.1 Å². The van der Waals surface area contributed by atoms with Crippen molar-refractivity contribution >= 4 is 28.6 Å². The van der Waals surface area contributed by atoms with Crippen LogP contribution in [0.3, 0.4) is 0 Å². The highest BCUT2D eigenvalue weighted by atomic mass is 16.5. The van der Waals surface area contributed by atoms with Gasteiger partial charge < -0.3 is 9.47 Å². The molecule has 0 aliphatic carbocycles. The largest absolute Gasteiger partial charge is 0.484 e. The second kappa shape index (κ2) is 7.43. The number of fused-ring (bicyclic) bond motifs is 1. The number of benzene rings is 2. The Kier molecular flexibility index (Phi) is 4.89. The Morgan fingerprint density at radius 1 is 1.16 bits per heavy atom. The van der Waals surface area contributed by atoms with Crippen LogP contribution in [0.4, 0.5) is 5.95 Å². The predicted octanol–water partition coefficient (Wildman–Crippen LogP) is 2.15. The molecule has 128 valence electrons. The van der Waals surface area contributed by atoms with Crippen LogP contribution in [0.5, 0.6) is 5.75 Å². The van der Waals surface area contributed by atoms with Crippen LogP contribution in [-0.2, 0) is 9.53 Å². The summed E-state index contributed by atoms with van der Waals surface area (Å²) in [5, 5.41) is 10.7. The number of ether oxygens (including phenoxy) is 2. The van der Waals surface area contributed by atoms with Gasteiger partial charge in [0.1, 0.15) is 5.75 Å². The van der Waals surface area contributed by atoms with E-state index in [2.05, 4.69) is 20.5 Å². The molecule has 0 spiro atoms. The smallest absolute Gasteiger partial charge is 0.375 e. The van der Waals surface area contributed by atoms with E-state index in [4.69, 9.17) is 9.47 Å². The molecule has 1 amide bonds. The number of hydrogen-bond acceptors (Lipinski definition) is 6. The minimum atomic E-state index is -0.636. The van der Waals surface area contributed by atoms with Gasteiger partial charge in [0.05, 0.1) is 6.61 Å². The third-order valence-electron chi connectivity index (χ3n) is 3.30. The minimum absolute atomic E-state index is 0.0184. The number of anilines is 1. The van der Waals surface area contributed by atoms with E-state index in [-0.39, 0.29) is 25.0 Å². The minimum Gasteiger partial charge on any atom is -0.484 e. The zero-order valence-corrected chi connectivity index (χ0v) is 13.5. The number of aromatic nitrogens is 3. The molecule has 0 atom stereocenters. The topological polar surface area (TPSA) is 106 Å². The lowest BCUT2D eigenvalue weighted by Gasteiger charge is -2.06. The van der Waals surface area contributed by atoms with Gasteiger partial charge in [0, 0.05) is 0 Å². The fourth-order valence-electron chi connectivity index (χ4n) is 2.18. The summed E-state index contributed by atoms with van der Waals surface area (Å²) in [6.45, 7) is 1.70. The molecule has 2 aromatic carbocycles. The van der Waals surface area contributed by atoms with Crippen molar-refractivity contribution in [3.05, 3.63) is 48.3 Å². The molecule has 3 aromatic rings. The molecular formula is C17H16N4O4. The maximum atomic E-state index is 11.9. The second-order valence-electron chi connectivity index (χ2n) is 5.07. The highest BCUT2D eigenvalue weighted by molar-refractivity contribution is 5.91. The summed E-state index contributed by atoms with van der Waals surface area (Å²) in [7, 11) is 0. The summed E-state index contributed by atoms with van der Waals surface area (Å²) in [5.41, 5.74) is 0. The fraction of sp³-hybridized carbons (Fsp3) is 0.176. The number of H-pyrrole nitrogens is 1. The molecule has 1 aromatic heterocycles. The first-order valence-corrected chi connectivity index (χ1v) is 7.66. The van der Waals surface area contributed by atoms with Gasteiger partial charge in [0.25, 0.3) is 5.91 Å². The Balaban J connectivity index is 1.56. The highest BCUT2D eigenvalue weighted by Gasteiger charge is 2.14. The van der Waals surface area contributed by atoms with Gasteiger partial charge in [-0.25, -0.2) is 4.79 Å². The van der Waals surface area contributed by atoms with E-state index >= 15 is 0 Å². The molecule has 8 nitrogen and oxygen atoms in total. The number of nitrogens with one attached hydrogen (secondary N) is 2. The molecule has 0 aliphatic rings. The Morgan fingerprint density at radius 2 is 1.96 bits per heavy atom. The third-order valence-corrected chi connectivity index (χ3v) is 3.30. The fourth-order valence-corrected chi connectivity index (χ4v) is 2.18. The number of carbonyl (C=O) groups excluding carboxylic acids is 2. The van der Waals surface area contributed by atoms with Crippen LogP contribution in [0.1, 0.15) is 17.5 Å². The van der Waals surface area contributed by atoms with E-state index < -0.39 is 11.9 Å². The molecule has 2 N–H and O–H groups in total. The Morgan fingerprint density at radius 3 is 2.76 bits per heavy atom. The summed E-state index contributed by atoms with van der Waals surface area (Å²) < 4.78 is 10.2. The Hall–Kier alpha value is -3.42. The van der Waals surface area contributed by atoms with Crippen molar-refractivity contribution in [2.45, 2.75) is 6.92 Å². The van der Waals surface area contributed by atoms with E-state index in [1.54, 1.807) is 13.0 Å². The summed E-state index contributed by atoms with van der Waals surface area (Å²) in [6, 6.07) is 13.4. The van der Waals surface area contributed by atoms with Crippen LogP contribution in [0, 0.1) is 0 Å². The molecule has 8 heteroatoms. The van der Waals surface area contributed by atoms with Crippen molar-refractivity contribution in [2.24, 2.45) is 0 Å². The first-order chi connectivity index (χ1) is 12.2. The van der Waals surface area contributed by atoms with E-state index in [9.17, 15) is 9.59 Å². The van der Waals surface area contributed by atoms with Crippen molar-refractivity contribution in [3.63, 3.8) is 0 Å². The van der Waals surface area contributed by atoms with Gasteiger partial charge in [0.2, 0.25) is 11.8 Å². The summed E-state index contributed by atoms with van der Waals surface area (Å²) >= 11 is 0. The molecule has 0 aliphatic heterocycles. The first-order valence-electron chi connectivity index (χ1n) is 7.66. The van der Waals surface area contributed by atoms with Crippen LogP contribution in [0.25, 0.3) is 10.8 Å². The average molecular weight is 340 g/mol. The van der Waals surface area contributed by atoms with E-state index in [1.807, 2.05) is 36.4 Å². The number of rotatable bonds is 6. The molecule has 0 saturated heterocycles. The molecule has 25 heavy (non-hydrogen) atoms. The molecule has 0 bridgehead atoms. The van der Waals surface area contributed by atoms with Gasteiger partial charge in [-0.2, -0.15) is 4.98 Å². The predicted molar refractivity (Wildman–Crippen MR) is 90.4 cm³/mol. The number of amides is 1.